The van der Waals surface area contributed by atoms with Gasteiger partial charge in [0.2, 0.25) is 11.8 Å². The number of fused-ring (bicyclic) bond motifs is 4. The Morgan fingerprint density at radius 2 is 1.00 bits per heavy atom. The van der Waals surface area contributed by atoms with Gasteiger partial charge in [-0.05, 0) is 62.2 Å². The molecule has 0 aromatic rings. The number of carbonyl (C=O) groups is 2. The van der Waals surface area contributed by atoms with E-state index in [0.717, 1.165) is 50.9 Å². The van der Waals surface area contributed by atoms with Gasteiger partial charge in [-0.3, -0.25) is 9.59 Å². The molecular formula is C20H30N2O2. The summed E-state index contributed by atoms with van der Waals surface area (Å²) in [7, 11) is 0. The first-order valence-electron chi connectivity index (χ1n) is 10.3. The van der Waals surface area contributed by atoms with Crippen LogP contribution in [0.25, 0.3) is 0 Å². The van der Waals surface area contributed by atoms with E-state index in [-0.39, 0.29) is 0 Å². The van der Waals surface area contributed by atoms with Crippen LogP contribution >= 0.6 is 0 Å². The lowest BCUT2D eigenvalue weighted by Crippen LogP contribution is -2.53. The van der Waals surface area contributed by atoms with Crippen LogP contribution in [0.4, 0.5) is 0 Å². The summed E-state index contributed by atoms with van der Waals surface area (Å²) in [5.41, 5.74) is 0. The zero-order valence-corrected chi connectivity index (χ0v) is 14.7. The third kappa shape index (κ3) is 2.40. The lowest BCUT2D eigenvalue weighted by molar-refractivity contribution is -0.145. The van der Waals surface area contributed by atoms with Crippen molar-refractivity contribution >= 4 is 11.8 Å². The minimum Gasteiger partial charge on any atom is -0.339 e. The Morgan fingerprint density at radius 3 is 1.29 bits per heavy atom. The molecule has 4 aliphatic carbocycles. The van der Waals surface area contributed by atoms with Crippen molar-refractivity contribution in [1.82, 2.24) is 9.80 Å². The Hall–Kier alpha value is -1.06. The van der Waals surface area contributed by atoms with Crippen molar-refractivity contribution in [3.8, 4) is 0 Å². The van der Waals surface area contributed by atoms with Crippen LogP contribution in [0.3, 0.4) is 0 Å². The van der Waals surface area contributed by atoms with Gasteiger partial charge in [0.15, 0.2) is 0 Å². The van der Waals surface area contributed by atoms with Crippen molar-refractivity contribution in [2.45, 2.75) is 51.4 Å². The number of rotatable bonds is 2. The molecule has 0 unspecified atom stereocenters. The molecule has 2 amide bonds. The maximum atomic E-state index is 12.8. The second-order valence-electron chi connectivity index (χ2n) is 9.21. The van der Waals surface area contributed by atoms with Crippen LogP contribution in [0.2, 0.25) is 0 Å². The van der Waals surface area contributed by atoms with Crippen molar-refractivity contribution < 1.29 is 9.59 Å². The van der Waals surface area contributed by atoms with Gasteiger partial charge in [-0.15, -0.1) is 0 Å². The van der Waals surface area contributed by atoms with E-state index in [1.54, 1.807) is 0 Å². The average Bonchev–Trinajstić information content (AvgIpc) is 3.41. The summed E-state index contributed by atoms with van der Waals surface area (Å²) in [6.07, 6.45) is 10.1. The molecule has 4 heteroatoms. The summed E-state index contributed by atoms with van der Waals surface area (Å²) < 4.78 is 0. The van der Waals surface area contributed by atoms with Crippen molar-refractivity contribution in [2.24, 2.45) is 35.5 Å². The van der Waals surface area contributed by atoms with Gasteiger partial charge in [0.05, 0.1) is 0 Å². The van der Waals surface area contributed by atoms with Crippen molar-refractivity contribution in [3.63, 3.8) is 0 Å². The second kappa shape index (κ2) is 5.74. The Labute approximate surface area is 144 Å². The summed E-state index contributed by atoms with van der Waals surface area (Å²) in [6, 6.07) is 0. The van der Waals surface area contributed by atoms with E-state index >= 15 is 0 Å². The number of hydrogen-bond acceptors (Lipinski definition) is 2. The highest BCUT2D eigenvalue weighted by molar-refractivity contribution is 5.82. The third-order valence-corrected chi connectivity index (χ3v) is 8.01. The van der Waals surface area contributed by atoms with Crippen molar-refractivity contribution in [1.29, 1.82) is 0 Å². The van der Waals surface area contributed by atoms with Crippen molar-refractivity contribution in [2.75, 3.05) is 26.2 Å². The summed E-state index contributed by atoms with van der Waals surface area (Å²) in [4.78, 5) is 29.8. The molecule has 1 saturated heterocycles. The van der Waals surface area contributed by atoms with Crippen LogP contribution in [0.5, 0.6) is 0 Å². The van der Waals surface area contributed by atoms with E-state index in [4.69, 9.17) is 0 Å². The standard InChI is InChI=1S/C20H30N2O2/c23-19(17-11-13-1-3-15(17)9-13)21-5-7-22(8-6-21)20(24)18-12-14-2-4-16(18)10-14/h13-18H,1-12H2/t13-,14+,15-,16-,17-,18+/m1/s1. The van der Waals surface area contributed by atoms with E-state index < -0.39 is 0 Å². The highest BCUT2D eigenvalue weighted by Gasteiger charge is 2.46. The predicted octanol–water partition coefficient (Wildman–Crippen LogP) is 2.53. The number of carbonyl (C=O) groups excluding carboxylic acids is 2. The summed E-state index contributed by atoms with van der Waals surface area (Å²) in [5, 5.41) is 0. The van der Waals surface area contributed by atoms with Gasteiger partial charge in [0.1, 0.15) is 0 Å². The average molecular weight is 330 g/mol. The molecule has 0 aromatic carbocycles. The molecular weight excluding hydrogens is 300 g/mol. The van der Waals surface area contributed by atoms with Gasteiger partial charge in [-0.1, -0.05) is 12.8 Å². The zero-order valence-electron chi connectivity index (χ0n) is 14.7. The highest BCUT2D eigenvalue weighted by atomic mass is 16.2. The van der Waals surface area contributed by atoms with Crippen LogP contribution in [0, 0.1) is 35.5 Å². The van der Waals surface area contributed by atoms with Crippen LogP contribution in [0.15, 0.2) is 0 Å². The molecule has 0 spiro atoms. The van der Waals surface area contributed by atoms with Gasteiger partial charge >= 0.3 is 0 Å². The number of nitrogens with zero attached hydrogens (tertiary/aromatic N) is 2. The maximum Gasteiger partial charge on any atom is 0.226 e. The Kier molecular flexibility index (Phi) is 3.64. The Balaban J connectivity index is 1.16. The largest absolute Gasteiger partial charge is 0.339 e. The van der Waals surface area contributed by atoms with Crippen LogP contribution < -0.4 is 0 Å². The SMILES string of the molecule is O=C([C@H]1C[C@H]2CC[C@@H]1C2)N1CCN(C(=O)[C@@H]2C[C@@H]3CC[C@@H]2C3)CC1. The fourth-order valence-electron chi connectivity index (χ4n) is 6.71. The second-order valence-corrected chi connectivity index (χ2v) is 9.21. The molecule has 4 saturated carbocycles. The first-order chi connectivity index (χ1) is 11.7. The maximum absolute atomic E-state index is 12.8. The predicted molar refractivity (Wildman–Crippen MR) is 91.0 cm³/mol. The van der Waals surface area contributed by atoms with Crippen LogP contribution in [0.1, 0.15) is 51.4 Å². The van der Waals surface area contributed by atoms with E-state index in [1.807, 2.05) is 0 Å². The molecule has 0 radical (unpaired) electrons. The molecule has 0 aromatic heterocycles. The molecule has 5 rings (SSSR count). The first-order valence-corrected chi connectivity index (χ1v) is 10.3. The molecule has 1 heterocycles. The fraction of sp³-hybridized carbons (Fsp3) is 0.900. The number of piperazine rings is 1. The first kappa shape index (κ1) is 15.2. The monoisotopic (exact) mass is 330 g/mol. The molecule has 0 N–H and O–H groups in total. The van der Waals surface area contributed by atoms with E-state index in [1.165, 1.54) is 38.5 Å². The van der Waals surface area contributed by atoms with E-state index in [9.17, 15) is 9.59 Å². The van der Waals surface area contributed by atoms with Gasteiger partial charge in [-0.25, -0.2) is 0 Å². The molecule has 5 fully saturated rings. The minimum atomic E-state index is 0.302. The number of hydrogen-bond donors (Lipinski definition) is 0. The lowest BCUT2D eigenvalue weighted by Gasteiger charge is -2.39. The zero-order chi connectivity index (χ0) is 16.3. The third-order valence-electron chi connectivity index (χ3n) is 8.01. The Bertz CT molecular complexity index is 492. The van der Waals surface area contributed by atoms with Gasteiger partial charge in [0.25, 0.3) is 0 Å². The molecule has 5 aliphatic rings. The summed E-state index contributed by atoms with van der Waals surface area (Å²) in [5.74, 6) is 4.37. The highest BCUT2D eigenvalue weighted by Crippen LogP contribution is 2.50. The van der Waals surface area contributed by atoms with Crippen LogP contribution in [-0.4, -0.2) is 47.8 Å². The fourth-order valence-corrected chi connectivity index (χ4v) is 6.71. The molecule has 1 aliphatic heterocycles. The molecule has 4 nitrogen and oxygen atoms in total. The van der Waals surface area contributed by atoms with Gasteiger partial charge in [0, 0.05) is 38.0 Å². The van der Waals surface area contributed by atoms with Gasteiger partial charge in [-0.2, -0.15) is 0 Å². The van der Waals surface area contributed by atoms with Gasteiger partial charge < -0.3 is 9.80 Å². The molecule has 24 heavy (non-hydrogen) atoms. The summed E-state index contributed by atoms with van der Waals surface area (Å²) >= 11 is 0. The Morgan fingerprint density at radius 1 is 0.583 bits per heavy atom. The summed E-state index contributed by atoms with van der Waals surface area (Å²) in [6.45, 7) is 3.05. The van der Waals surface area contributed by atoms with E-state index in [2.05, 4.69) is 9.80 Å². The molecule has 4 bridgehead atoms. The smallest absolute Gasteiger partial charge is 0.226 e. The normalized spacial score (nSPS) is 43.7. The molecule has 6 atom stereocenters. The van der Waals surface area contributed by atoms with E-state index in [0.29, 0.717) is 35.5 Å². The van der Waals surface area contributed by atoms with Crippen molar-refractivity contribution in [3.05, 3.63) is 0 Å². The van der Waals surface area contributed by atoms with Crippen LogP contribution in [-0.2, 0) is 9.59 Å². The number of amides is 2. The quantitative estimate of drug-likeness (QED) is 0.781. The lowest BCUT2D eigenvalue weighted by atomic mass is 9.87. The minimum absolute atomic E-state index is 0.302. The molecule has 132 valence electrons. The topological polar surface area (TPSA) is 40.6 Å².